The molecule has 0 atom stereocenters. The number of nitrogens with zero attached hydrogens (tertiary/aromatic N) is 1. The van der Waals surface area contributed by atoms with Gasteiger partial charge in [0, 0.05) is 62.1 Å². The van der Waals surface area contributed by atoms with Crippen molar-refractivity contribution in [2.45, 2.75) is 69.6 Å². The van der Waals surface area contributed by atoms with Crippen LogP contribution in [0.2, 0.25) is 5.02 Å². The molecule has 174 valence electrons. The maximum atomic E-state index is 15.1. The van der Waals surface area contributed by atoms with Gasteiger partial charge in [-0.3, -0.25) is 0 Å². The van der Waals surface area contributed by atoms with Crippen LogP contribution in [0.3, 0.4) is 0 Å². The summed E-state index contributed by atoms with van der Waals surface area (Å²) in [5, 5.41) is 7.54. The van der Waals surface area contributed by atoms with E-state index in [1.165, 1.54) is 0 Å². The molecular weight excluding hydrogens is 427 g/mol. The predicted octanol–water partition coefficient (Wildman–Crippen LogP) is 5.58. The van der Waals surface area contributed by atoms with Crippen molar-refractivity contribution < 1.29 is 9.13 Å². The van der Waals surface area contributed by atoms with Gasteiger partial charge in [-0.05, 0) is 55.4 Å². The van der Waals surface area contributed by atoms with Crippen molar-refractivity contribution in [2.75, 3.05) is 30.4 Å². The van der Waals surface area contributed by atoms with Crippen LogP contribution in [0.1, 0.15) is 51.0 Å². The molecule has 2 aliphatic rings. The van der Waals surface area contributed by atoms with E-state index in [0.29, 0.717) is 43.2 Å². The van der Waals surface area contributed by atoms with Crippen LogP contribution in [0.4, 0.5) is 15.9 Å². The number of ether oxygens (including phenoxy) is 1. The summed E-state index contributed by atoms with van der Waals surface area (Å²) in [4.78, 5) is 4.51. The average molecular weight is 461 g/mol. The minimum atomic E-state index is -1.23. The summed E-state index contributed by atoms with van der Waals surface area (Å²) in [6, 6.07) is 8.82. The molecule has 0 bridgehead atoms. The molecule has 0 spiro atoms. The molecule has 5 nitrogen and oxygen atoms in total. The van der Waals surface area contributed by atoms with Crippen LogP contribution in [0.15, 0.2) is 30.5 Å². The Morgan fingerprint density at radius 1 is 1.19 bits per heavy atom. The Labute approximate surface area is 195 Å². The molecule has 1 saturated carbocycles. The molecule has 4 rings (SSSR count). The van der Waals surface area contributed by atoms with Crippen LogP contribution in [0, 0.1) is 0 Å². The highest BCUT2D eigenvalue weighted by Crippen LogP contribution is 2.36. The van der Waals surface area contributed by atoms with Crippen LogP contribution >= 0.6 is 11.6 Å². The first kappa shape index (κ1) is 23.3. The van der Waals surface area contributed by atoms with Crippen LogP contribution in [-0.4, -0.2) is 42.5 Å². The Hall–Kier alpha value is -1.89. The summed E-state index contributed by atoms with van der Waals surface area (Å²) in [5.74, 6) is 0.829. The lowest BCUT2D eigenvalue weighted by Gasteiger charge is -2.30. The first-order valence-corrected chi connectivity index (χ1v) is 12.2. The predicted molar refractivity (Wildman–Crippen MR) is 130 cm³/mol. The topological polar surface area (TPSA) is 72.2 Å². The molecule has 2 fully saturated rings. The number of pyridine rings is 1. The summed E-state index contributed by atoms with van der Waals surface area (Å²) in [6.07, 6.45) is 7.56. The first-order valence-electron chi connectivity index (χ1n) is 11.8. The fraction of sp³-hybridized carbons (Fsp3) is 0.560. The number of hydrogen-bond acceptors (Lipinski definition) is 5. The monoisotopic (exact) mass is 460 g/mol. The zero-order valence-electron chi connectivity index (χ0n) is 18.8. The number of hydrogen-bond donors (Lipinski definition) is 3. The third kappa shape index (κ3) is 5.53. The maximum Gasteiger partial charge on any atom is 0.132 e. The number of nitrogens with one attached hydrogen (secondary N) is 2. The Morgan fingerprint density at radius 2 is 1.94 bits per heavy atom. The number of rotatable bonds is 7. The molecular formula is C25H34ClFN4O. The van der Waals surface area contributed by atoms with Crippen LogP contribution in [0.25, 0.3) is 11.1 Å². The van der Waals surface area contributed by atoms with E-state index in [1.807, 2.05) is 18.2 Å². The summed E-state index contributed by atoms with van der Waals surface area (Å²) in [7, 11) is 0. The lowest BCUT2D eigenvalue weighted by atomic mass is 9.91. The highest BCUT2D eigenvalue weighted by molar-refractivity contribution is 6.33. The lowest BCUT2D eigenvalue weighted by molar-refractivity contribution is -0.00115. The minimum absolute atomic E-state index is 0.285. The van der Waals surface area contributed by atoms with Gasteiger partial charge in [-0.2, -0.15) is 0 Å². The number of nitrogens with two attached hydrogens (primary N) is 1. The van der Waals surface area contributed by atoms with Crippen molar-refractivity contribution in [3.63, 3.8) is 0 Å². The average Bonchev–Trinajstić information content (AvgIpc) is 2.80. The van der Waals surface area contributed by atoms with E-state index in [4.69, 9.17) is 22.1 Å². The fourth-order valence-corrected chi connectivity index (χ4v) is 4.96. The van der Waals surface area contributed by atoms with Gasteiger partial charge in [0.15, 0.2) is 0 Å². The molecule has 1 aliphatic heterocycles. The quantitative estimate of drug-likeness (QED) is 0.503. The summed E-state index contributed by atoms with van der Waals surface area (Å²) in [6.45, 7) is 3.36. The zero-order valence-corrected chi connectivity index (χ0v) is 19.6. The highest BCUT2D eigenvalue weighted by Gasteiger charge is 2.32. The highest BCUT2D eigenvalue weighted by atomic mass is 35.5. The number of anilines is 2. The molecule has 2 aromatic rings. The Bertz CT molecular complexity index is 911. The summed E-state index contributed by atoms with van der Waals surface area (Å²) in [5.41, 5.74) is 8.89. The number of aromatic nitrogens is 1. The van der Waals surface area contributed by atoms with E-state index in [-0.39, 0.29) is 6.54 Å². The van der Waals surface area contributed by atoms with Crippen molar-refractivity contribution >= 4 is 23.1 Å². The molecule has 2 heterocycles. The molecule has 1 saturated heterocycles. The van der Waals surface area contributed by atoms with E-state index in [2.05, 4.69) is 28.6 Å². The van der Waals surface area contributed by atoms with Gasteiger partial charge >= 0.3 is 0 Å². The second-order valence-electron chi connectivity index (χ2n) is 9.11. The van der Waals surface area contributed by atoms with Gasteiger partial charge in [-0.15, -0.1) is 0 Å². The van der Waals surface area contributed by atoms with E-state index >= 15 is 4.39 Å². The molecule has 0 unspecified atom stereocenters. The van der Waals surface area contributed by atoms with Gasteiger partial charge in [-0.1, -0.05) is 30.7 Å². The van der Waals surface area contributed by atoms with Crippen molar-refractivity contribution in [3.8, 4) is 11.1 Å². The summed E-state index contributed by atoms with van der Waals surface area (Å²) >= 11 is 6.59. The fourth-order valence-electron chi connectivity index (χ4n) is 4.75. The number of halogens is 2. The third-order valence-corrected chi connectivity index (χ3v) is 7.08. The zero-order chi connectivity index (χ0) is 22.6. The standard InChI is InChI=1S/C25H34ClFN4O/c1-2-19-20(4-3-5-23(19)30-16-25(27)10-12-32-13-11-25)21-14-24(29-15-22(21)26)31-18-8-6-17(28)7-9-18/h3-5,14-15,17-18,30H,2,6-13,16,28H2,1H3,(H,29,31). The largest absolute Gasteiger partial charge is 0.382 e. The minimum Gasteiger partial charge on any atom is -0.382 e. The molecule has 1 aromatic heterocycles. The first-order chi connectivity index (χ1) is 15.5. The molecule has 4 N–H and O–H groups in total. The van der Waals surface area contributed by atoms with Gasteiger partial charge < -0.3 is 21.1 Å². The normalized spacial score (nSPS) is 23.0. The third-order valence-electron chi connectivity index (χ3n) is 6.78. The number of benzene rings is 1. The van der Waals surface area contributed by atoms with Crippen LogP contribution in [0.5, 0.6) is 0 Å². The number of alkyl halides is 1. The molecule has 1 aliphatic carbocycles. The molecule has 1 aromatic carbocycles. The second kappa shape index (κ2) is 10.4. The van der Waals surface area contributed by atoms with Gasteiger partial charge in [0.05, 0.1) is 5.02 Å². The second-order valence-corrected chi connectivity index (χ2v) is 9.51. The van der Waals surface area contributed by atoms with Gasteiger partial charge in [0.1, 0.15) is 11.5 Å². The van der Waals surface area contributed by atoms with E-state index in [0.717, 1.165) is 60.3 Å². The van der Waals surface area contributed by atoms with Gasteiger partial charge in [0.2, 0.25) is 0 Å². The molecule has 32 heavy (non-hydrogen) atoms. The smallest absolute Gasteiger partial charge is 0.132 e. The van der Waals surface area contributed by atoms with Gasteiger partial charge in [-0.25, -0.2) is 9.37 Å². The van der Waals surface area contributed by atoms with E-state index < -0.39 is 5.67 Å². The SMILES string of the molecule is CCc1c(NCC2(F)CCOCC2)cccc1-c1cc(NC2CCC(N)CC2)ncc1Cl. The van der Waals surface area contributed by atoms with Crippen molar-refractivity contribution in [1.29, 1.82) is 0 Å². The van der Waals surface area contributed by atoms with Crippen molar-refractivity contribution in [2.24, 2.45) is 5.73 Å². The van der Waals surface area contributed by atoms with Gasteiger partial charge in [0.25, 0.3) is 0 Å². The van der Waals surface area contributed by atoms with Crippen molar-refractivity contribution in [1.82, 2.24) is 4.98 Å². The molecule has 7 heteroatoms. The molecule has 0 radical (unpaired) electrons. The van der Waals surface area contributed by atoms with Crippen LogP contribution < -0.4 is 16.4 Å². The van der Waals surface area contributed by atoms with Crippen molar-refractivity contribution in [3.05, 3.63) is 41.0 Å². The lowest BCUT2D eigenvalue weighted by Crippen LogP contribution is -2.38. The molecule has 0 amide bonds. The maximum absolute atomic E-state index is 15.1. The van der Waals surface area contributed by atoms with Crippen LogP contribution in [-0.2, 0) is 11.2 Å². The summed E-state index contributed by atoms with van der Waals surface area (Å²) < 4.78 is 20.4. The van der Waals surface area contributed by atoms with E-state index in [1.54, 1.807) is 6.20 Å². The Balaban J connectivity index is 1.55. The van der Waals surface area contributed by atoms with E-state index in [9.17, 15) is 0 Å². The Morgan fingerprint density at radius 3 is 2.66 bits per heavy atom. The Kier molecular flexibility index (Phi) is 7.54.